The van der Waals surface area contributed by atoms with Crippen LogP contribution in [0.1, 0.15) is 0 Å². The Morgan fingerprint density at radius 3 is 2.37 bits per heavy atom. The van der Waals surface area contributed by atoms with Gasteiger partial charge in [0.05, 0.1) is 12.8 Å². The zero-order valence-electron chi connectivity index (χ0n) is 10.3. The molecule has 0 aliphatic carbocycles. The second kappa shape index (κ2) is 6.42. The number of nitrogens with one attached hydrogen (secondary N) is 2. The Morgan fingerprint density at radius 2 is 1.74 bits per heavy atom. The van der Waals surface area contributed by atoms with E-state index in [4.69, 9.17) is 4.74 Å². The average Bonchev–Trinajstić information content (AvgIpc) is 2.42. The molecule has 0 fully saturated rings. The molecule has 0 heterocycles. The summed E-state index contributed by atoms with van der Waals surface area (Å²) in [4.78, 5) is 11.8. The molecule has 0 aromatic heterocycles. The molecule has 19 heavy (non-hydrogen) atoms. The molecule has 0 atom stereocenters. The van der Waals surface area contributed by atoms with Gasteiger partial charge in [0.2, 0.25) is 0 Å². The predicted molar refractivity (Wildman–Crippen MR) is 84.8 cm³/mol. The first-order valence-corrected chi connectivity index (χ1v) is 6.73. The number of para-hydroxylation sites is 1. The lowest BCUT2D eigenvalue weighted by molar-refractivity contribution is 0.262. The van der Waals surface area contributed by atoms with Crippen LogP contribution in [0.5, 0.6) is 5.75 Å². The van der Waals surface area contributed by atoms with Gasteiger partial charge in [-0.1, -0.05) is 12.1 Å². The van der Waals surface area contributed by atoms with Crippen molar-refractivity contribution >= 4 is 40.0 Å². The highest BCUT2D eigenvalue weighted by molar-refractivity contribution is 14.1. The molecule has 0 saturated heterocycles. The summed E-state index contributed by atoms with van der Waals surface area (Å²) in [6.07, 6.45) is 0. The van der Waals surface area contributed by atoms with Crippen molar-refractivity contribution in [1.29, 1.82) is 0 Å². The molecule has 4 nitrogen and oxygen atoms in total. The van der Waals surface area contributed by atoms with Crippen LogP contribution >= 0.6 is 22.6 Å². The van der Waals surface area contributed by atoms with Crippen LogP contribution in [-0.4, -0.2) is 13.1 Å². The summed E-state index contributed by atoms with van der Waals surface area (Å²) in [5.74, 6) is 0.753. The molecule has 0 unspecified atom stereocenters. The second-order valence-electron chi connectivity index (χ2n) is 3.79. The van der Waals surface area contributed by atoms with Crippen molar-refractivity contribution in [3.05, 3.63) is 52.1 Å². The van der Waals surface area contributed by atoms with Gasteiger partial charge in [-0.3, -0.25) is 0 Å². The van der Waals surface area contributed by atoms with E-state index in [9.17, 15) is 4.79 Å². The highest BCUT2D eigenvalue weighted by Crippen LogP contribution is 2.18. The van der Waals surface area contributed by atoms with Gasteiger partial charge in [-0.25, -0.2) is 4.79 Å². The number of hydrogen-bond acceptors (Lipinski definition) is 2. The lowest BCUT2D eigenvalue weighted by Gasteiger charge is -2.09. The summed E-state index contributed by atoms with van der Waals surface area (Å²) in [6, 6.07) is 14.5. The number of rotatable bonds is 3. The zero-order chi connectivity index (χ0) is 13.7. The molecule has 2 N–H and O–H groups in total. The number of halogens is 1. The molecule has 5 heteroatoms. The number of hydrogen-bond donors (Lipinski definition) is 2. The molecular formula is C14H13IN2O2. The van der Waals surface area contributed by atoms with E-state index in [2.05, 4.69) is 33.2 Å². The molecule has 0 saturated carbocycles. The van der Waals surface area contributed by atoms with Crippen LogP contribution < -0.4 is 15.4 Å². The van der Waals surface area contributed by atoms with E-state index >= 15 is 0 Å². The number of carbonyl (C=O) groups excluding carboxylic acids is 1. The Kier molecular flexibility index (Phi) is 4.62. The molecule has 98 valence electrons. The van der Waals surface area contributed by atoms with Gasteiger partial charge in [-0.05, 0) is 59.0 Å². The van der Waals surface area contributed by atoms with Gasteiger partial charge in [-0.2, -0.15) is 0 Å². The molecule has 0 bridgehead atoms. The van der Waals surface area contributed by atoms with Crippen LogP contribution in [-0.2, 0) is 0 Å². The Balaban J connectivity index is 1.99. The predicted octanol–water partition coefficient (Wildman–Crippen LogP) is 3.94. The fourth-order valence-corrected chi connectivity index (χ4v) is 2.04. The van der Waals surface area contributed by atoms with Gasteiger partial charge < -0.3 is 15.4 Å². The SMILES string of the molecule is COc1ccc(NC(=O)Nc2ccccc2I)cc1. The van der Waals surface area contributed by atoms with Crippen molar-refractivity contribution in [3.63, 3.8) is 0 Å². The van der Waals surface area contributed by atoms with Crippen LogP contribution in [0.25, 0.3) is 0 Å². The van der Waals surface area contributed by atoms with Gasteiger partial charge in [0.25, 0.3) is 0 Å². The lowest BCUT2D eigenvalue weighted by atomic mass is 10.3. The fourth-order valence-electron chi connectivity index (χ4n) is 1.52. The number of amides is 2. The van der Waals surface area contributed by atoms with E-state index in [0.29, 0.717) is 5.69 Å². The van der Waals surface area contributed by atoms with Crippen molar-refractivity contribution < 1.29 is 9.53 Å². The minimum Gasteiger partial charge on any atom is -0.497 e. The van der Waals surface area contributed by atoms with Gasteiger partial charge >= 0.3 is 6.03 Å². The standard InChI is InChI=1S/C14H13IN2O2/c1-19-11-8-6-10(7-9-11)16-14(18)17-13-5-3-2-4-12(13)15/h2-9H,1H3,(H2,16,17,18). The number of ether oxygens (including phenoxy) is 1. The van der Waals surface area contributed by atoms with E-state index in [1.54, 1.807) is 31.4 Å². The minimum atomic E-state index is -0.269. The van der Waals surface area contributed by atoms with Crippen molar-refractivity contribution in [2.24, 2.45) is 0 Å². The summed E-state index contributed by atoms with van der Waals surface area (Å²) in [7, 11) is 1.60. The lowest BCUT2D eigenvalue weighted by Crippen LogP contribution is -2.19. The van der Waals surface area contributed by atoms with Crippen molar-refractivity contribution in [1.82, 2.24) is 0 Å². The third-order valence-electron chi connectivity index (χ3n) is 2.47. The highest BCUT2D eigenvalue weighted by atomic mass is 127. The van der Waals surface area contributed by atoms with E-state index < -0.39 is 0 Å². The van der Waals surface area contributed by atoms with Gasteiger partial charge in [0, 0.05) is 9.26 Å². The Bertz CT molecular complexity index is 570. The summed E-state index contributed by atoms with van der Waals surface area (Å²) in [5.41, 5.74) is 1.50. The first kappa shape index (κ1) is 13.7. The maximum Gasteiger partial charge on any atom is 0.323 e. The first-order chi connectivity index (χ1) is 9.19. The third kappa shape index (κ3) is 3.85. The normalized spacial score (nSPS) is 9.79. The zero-order valence-corrected chi connectivity index (χ0v) is 12.5. The number of methoxy groups -OCH3 is 1. The second-order valence-corrected chi connectivity index (χ2v) is 4.95. The van der Waals surface area contributed by atoms with Gasteiger partial charge in [-0.15, -0.1) is 0 Å². The number of benzene rings is 2. The van der Waals surface area contributed by atoms with E-state index in [0.717, 1.165) is 15.0 Å². The molecule has 2 rings (SSSR count). The quantitative estimate of drug-likeness (QED) is 0.807. The van der Waals surface area contributed by atoms with Crippen LogP contribution in [0.4, 0.5) is 16.2 Å². The molecular weight excluding hydrogens is 355 g/mol. The van der Waals surface area contributed by atoms with Crippen LogP contribution in [0.2, 0.25) is 0 Å². The van der Waals surface area contributed by atoms with Crippen molar-refractivity contribution in [2.75, 3.05) is 17.7 Å². The number of anilines is 2. The largest absolute Gasteiger partial charge is 0.497 e. The Morgan fingerprint density at radius 1 is 1.05 bits per heavy atom. The third-order valence-corrected chi connectivity index (χ3v) is 3.41. The molecule has 0 aliphatic heterocycles. The molecule has 2 aromatic carbocycles. The number of urea groups is 1. The smallest absolute Gasteiger partial charge is 0.323 e. The number of carbonyl (C=O) groups is 1. The van der Waals surface area contributed by atoms with Crippen LogP contribution in [0, 0.1) is 3.57 Å². The Hall–Kier alpha value is -1.76. The topological polar surface area (TPSA) is 50.4 Å². The molecule has 0 spiro atoms. The fraction of sp³-hybridized carbons (Fsp3) is 0.0714. The highest BCUT2D eigenvalue weighted by Gasteiger charge is 2.04. The van der Waals surface area contributed by atoms with E-state index in [-0.39, 0.29) is 6.03 Å². The monoisotopic (exact) mass is 368 g/mol. The maximum atomic E-state index is 11.8. The summed E-state index contributed by atoms with van der Waals surface area (Å²) < 4.78 is 6.05. The average molecular weight is 368 g/mol. The summed E-state index contributed by atoms with van der Waals surface area (Å²) in [6.45, 7) is 0. The van der Waals surface area contributed by atoms with Gasteiger partial charge in [0.15, 0.2) is 0 Å². The molecule has 0 radical (unpaired) electrons. The molecule has 2 amide bonds. The van der Waals surface area contributed by atoms with E-state index in [1.165, 1.54) is 0 Å². The van der Waals surface area contributed by atoms with Crippen LogP contribution in [0.15, 0.2) is 48.5 Å². The first-order valence-electron chi connectivity index (χ1n) is 5.65. The Labute approximate surface area is 125 Å². The van der Waals surface area contributed by atoms with Gasteiger partial charge in [0.1, 0.15) is 5.75 Å². The maximum absolute atomic E-state index is 11.8. The van der Waals surface area contributed by atoms with Crippen LogP contribution in [0.3, 0.4) is 0 Å². The summed E-state index contributed by atoms with van der Waals surface area (Å²) >= 11 is 2.18. The summed E-state index contributed by atoms with van der Waals surface area (Å²) in [5, 5.41) is 5.56. The minimum absolute atomic E-state index is 0.269. The van der Waals surface area contributed by atoms with E-state index in [1.807, 2.05) is 24.3 Å². The van der Waals surface area contributed by atoms with Crippen molar-refractivity contribution in [3.8, 4) is 5.75 Å². The molecule has 2 aromatic rings. The molecule has 0 aliphatic rings. The van der Waals surface area contributed by atoms with Crippen molar-refractivity contribution in [2.45, 2.75) is 0 Å².